The molecule has 4 fully saturated rings. The Bertz CT molecular complexity index is 615. The molecule has 4 bridgehead atoms. The molecule has 0 unspecified atom stereocenters. The summed E-state index contributed by atoms with van der Waals surface area (Å²) < 4.78 is 6.04. The van der Waals surface area contributed by atoms with Gasteiger partial charge in [0.25, 0.3) is 0 Å². The van der Waals surface area contributed by atoms with Gasteiger partial charge < -0.3 is 14.8 Å². The minimum Gasteiger partial charge on any atom is -0.455 e. The van der Waals surface area contributed by atoms with Gasteiger partial charge in [0.15, 0.2) is 0 Å². The van der Waals surface area contributed by atoms with E-state index in [1.807, 2.05) is 0 Å². The van der Waals surface area contributed by atoms with Crippen molar-refractivity contribution in [2.45, 2.75) is 44.1 Å². The predicted octanol–water partition coefficient (Wildman–Crippen LogP) is 2.84. The van der Waals surface area contributed by atoms with Crippen molar-refractivity contribution < 1.29 is 19.6 Å². The number of benzene rings is 1. The largest absolute Gasteiger partial charge is 0.480 e. The Labute approximate surface area is 142 Å². The molecule has 5 rings (SSSR count). The average molecular weight is 326 g/mol. The second kappa shape index (κ2) is 6.05. The van der Waals surface area contributed by atoms with Gasteiger partial charge in [0.2, 0.25) is 0 Å². The standard InChI is InChI=1S/C19H23BO4/c21-18(17-3-1-13(2-4-17)5-6-20(22)23)24-19-10-14-7-15(11-19)9-16(8-14)12-19/h1-6,14-16,22-23H,7-12H2/b6-5+. The molecule has 0 atom stereocenters. The van der Waals surface area contributed by atoms with Crippen LogP contribution in [0.3, 0.4) is 0 Å². The summed E-state index contributed by atoms with van der Waals surface area (Å²) >= 11 is 0. The summed E-state index contributed by atoms with van der Waals surface area (Å²) in [6.45, 7) is 0. The minimum absolute atomic E-state index is 0.217. The Kier molecular flexibility index (Phi) is 4.01. The molecule has 24 heavy (non-hydrogen) atoms. The van der Waals surface area contributed by atoms with Crippen molar-refractivity contribution in [1.29, 1.82) is 0 Å². The number of ether oxygens (including phenoxy) is 1. The zero-order valence-electron chi connectivity index (χ0n) is 13.7. The molecule has 1 aromatic carbocycles. The van der Waals surface area contributed by atoms with E-state index in [1.54, 1.807) is 30.3 Å². The lowest BCUT2D eigenvalue weighted by Crippen LogP contribution is -2.52. The maximum absolute atomic E-state index is 12.6. The zero-order chi connectivity index (χ0) is 16.7. The highest BCUT2D eigenvalue weighted by atomic mass is 16.6. The topological polar surface area (TPSA) is 66.8 Å². The van der Waals surface area contributed by atoms with Gasteiger partial charge in [0.1, 0.15) is 5.60 Å². The summed E-state index contributed by atoms with van der Waals surface area (Å²) in [4.78, 5) is 12.6. The van der Waals surface area contributed by atoms with Crippen molar-refractivity contribution in [3.63, 3.8) is 0 Å². The Morgan fingerprint density at radius 1 is 1.04 bits per heavy atom. The molecule has 0 saturated heterocycles. The van der Waals surface area contributed by atoms with Crippen molar-refractivity contribution in [1.82, 2.24) is 0 Å². The fourth-order valence-electron chi connectivity index (χ4n) is 5.34. The van der Waals surface area contributed by atoms with Crippen LogP contribution in [0, 0.1) is 17.8 Å². The number of hydrogen-bond donors (Lipinski definition) is 2. The van der Waals surface area contributed by atoms with Crippen LogP contribution in [0.25, 0.3) is 6.08 Å². The van der Waals surface area contributed by atoms with E-state index in [1.165, 1.54) is 25.2 Å². The molecule has 0 amide bonds. The van der Waals surface area contributed by atoms with Crippen LogP contribution in [0.5, 0.6) is 0 Å². The van der Waals surface area contributed by atoms with Gasteiger partial charge >= 0.3 is 13.1 Å². The number of rotatable bonds is 4. The van der Waals surface area contributed by atoms with Crippen LogP contribution in [0.15, 0.2) is 30.2 Å². The molecule has 126 valence electrons. The highest BCUT2D eigenvalue weighted by Crippen LogP contribution is 2.57. The summed E-state index contributed by atoms with van der Waals surface area (Å²) in [5, 5.41) is 17.7. The molecule has 0 spiro atoms. The quantitative estimate of drug-likeness (QED) is 0.659. The fraction of sp³-hybridized carbons (Fsp3) is 0.526. The second-order valence-corrected chi connectivity index (χ2v) is 7.88. The van der Waals surface area contributed by atoms with Crippen molar-refractivity contribution in [3.05, 3.63) is 41.4 Å². The summed E-state index contributed by atoms with van der Waals surface area (Å²) in [5.74, 6) is 3.31. The van der Waals surface area contributed by atoms with E-state index in [0.29, 0.717) is 5.56 Å². The number of carbonyl (C=O) groups excluding carboxylic acids is 1. The van der Waals surface area contributed by atoms with Crippen LogP contribution in [0.1, 0.15) is 54.4 Å². The monoisotopic (exact) mass is 326 g/mol. The molecule has 0 aromatic heterocycles. The van der Waals surface area contributed by atoms with E-state index < -0.39 is 7.12 Å². The first kappa shape index (κ1) is 15.9. The van der Waals surface area contributed by atoms with Gasteiger partial charge in [-0.1, -0.05) is 24.2 Å². The van der Waals surface area contributed by atoms with Crippen molar-refractivity contribution in [2.75, 3.05) is 0 Å². The molecule has 4 aliphatic rings. The van der Waals surface area contributed by atoms with Crippen LogP contribution < -0.4 is 0 Å². The normalized spacial score (nSPS) is 33.8. The zero-order valence-corrected chi connectivity index (χ0v) is 13.7. The summed E-state index contributed by atoms with van der Waals surface area (Å²) in [5.41, 5.74) is 1.16. The third-order valence-corrected chi connectivity index (χ3v) is 5.90. The molecule has 4 aliphatic carbocycles. The SMILES string of the molecule is O=C(OC12CC3CC(CC(C3)C1)C2)c1ccc(/C=C/B(O)O)cc1. The molecule has 4 nitrogen and oxygen atoms in total. The van der Waals surface area contributed by atoms with E-state index >= 15 is 0 Å². The van der Waals surface area contributed by atoms with Gasteiger partial charge in [-0.05, 0) is 74.0 Å². The number of carbonyl (C=O) groups is 1. The first-order valence-corrected chi connectivity index (χ1v) is 8.89. The fourth-order valence-corrected chi connectivity index (χ4v) is 5.34. The maximum atomic E-state index is 12.6. The van der Waals surface area contributed by atoms with E-state index in [4.69, 9.17) is 14.8 Å². The van der Waals surface area contributed by atoms with Crippen molar-refractivity contribution >= 4 is 19.2 Å². The van der Waals surface area contributed by atoms with E-state index in [-0.39, 0.29) is 11.6 Å². The summed E-state index contributed by atoms with van der Waals surface area (Å²) in [7, 11) is -1.47. The van der Waals surface area contributed by atoms with Crippen molar-refractivity contribution in [2.24, 2.45) is 17.8 Å². The lowest BCUT2D eigenvalue weighted by Gasteiger charge is -2.55. The Hall–Kier alpha value is -1.59. The first-order chi connectivity index (χ1) is 11.5. The Morgan fingerprint density at radius 2 is 1.58 bits per heavy atom. The molecular formula is C19H23BO4. The van der Waals surface area contributed by atoms with Gasteiger partial charge in [-0.3, -0.25) is 0 Å². The maximum Gasteiger partial charge on any atom is 0.480 e. The minimum atomic E-state index is -1.47. The van der Waals surface area contributed by atoms with E-state index in [9.17, 15) is 4.79 Å². The van der Waals surface area contributed by atoms with Crippen LogP contribution >= 0.6 is 0 Å². The second-order valence-electron chi connectivity index (χ2n) is 7.88. The average Bonchev–Trinajstić information content (AvgIpc) is 2.51. The molecule has 1 aromatic rings. The summed E-state index contributed by atoms with van der Waals surface area (Å²) in [6, 6.07) is 7.06. The van der Waals surface area contributed by atoms with Gasteiger partial charge in [-0.15, -0.1) is 0 Å². The van der Waals surface area contributed by atoms with Crippen LogP contribution in [-0.2, 0) is 4.74 Å². The molecular weight excluding hydrogens is 303 g/mol. The van der Waals surface area contributed by atoms with Crippen molar-refractivity contribution in [3.8, 4) is 0 Å². The Balaban J connectivity index is 1.45. The highest BCUT2D eigenvalue weighted by molar-refractivity contribution is 6.48. The van der Waals surface area contributed by atoms with E-state index in [0.717, 1.165) is 42.6 Å². The third-order valence-electron chi connectivity index (χ3n) is 5.90. The lowest BCUT2D eigenvalue weighted by molar-refractivity contribution is -0.131. The Morgan fingerprint density at radius 3 is 2.08 bits per heavy atom. The van der Waals surface area contributed by atoms with Gasteiger partial charge in [-0.2, -0.15) is 0 Å². The molecule has 0 radical (unpaired) electrons. The third kappa shape index (κ3) is 3.15. The van der Waals surface area contributed by atoms with E-state index in [2.05, 4.69) is 0 Å². The molecule has 0 aliphatic heterocycles. The highest BCUT2D eigenvalue weighted by Gasteiger charge is 2.53. The number of esters is 1. The van der Waals surface area contributed by atoms with Gasteiger partial charge in [-0.25, -0.2) is 4.79 Å². The van der Waals surface area contributed by atoms with Gasteiger partial charge in [0, 0.05) is 0 Å². The molecule has 4 saturated carbocycles. The number of hydrogen-bond acceptors (Lipinski definition) is 4. The molecule has 2 N–H and O–H groups in total. The molecule has 5 heteroatoms. The van der Waals surface area contributed by atoms with Crippen LogP contribution in [-0.4, -0.2) is 28.7 Å². The first-order valence-electron chi connectivity index (χ1n) is 8.89. The summed E-state index contributed by atoms with van der Waals surface area (Å²) in [6.07, 6.45) is 8.72. The smallest absolute Gasteiger partial charge is 0.455 e. The lowest BCUT2D eigenvalue weighted by atomic mass is 9.54. The molecule has 0 heterocycles. The van der Waals surface area contributed by atoms with Crippen LogP contribution in [0.2, 0.25) is 0 Å². The van der Waals surface area contributed by atoms with Gasteiger partial charge in [0.05, 0.1) is 5.56 Å². The predicted molar refractivity (Wildman–Crippen MR) is 92.0 cm³/mol. The van der Waals surface area contributed by atoms with Crippen LogP contribution in [0.4, 0.5) is 0 Å².